The Labute approximate surface area is 142 Å². The van der Waals surface area contributed by atoms with Crippen LogP contribution in [-0.2, 0) is 6.54 Å². The second-order valence-corrected chi connectivity index (χ2v) is 6.70. The highest BCUT2D eigenvalue weighted by Crippen LogP contribution is 2.34. The lowest BCUT2D eigenvalue weighted by molar-refractivity contribution is 0.589. The van der Waals surface area contributed by atoms with Crippen LogP contribution in [0.25, 0.3) is 11.1 Å². The van der Waals surface area contributed by atoms with Gasteiger partial charge in [-0.2, -0.15) is 0 Å². The SMILES string of the molecule is CC(C)NCc1cc(-c2ccc(Br)c(Cl)c2F)ccc1Cl. The monoisotopic (exact) mass is 389 g/mol. The maximum atomic E-state index is 14.3. The number of halogens is 4. The third-order valence-electron chi connectivity index (χ3n) is 3.09. The molecule has 5 heteroatoms. The van der Waals surface area contributed by atoms with Crippen LogP contribution in [0, 0.1) is 5.82 Å². The minimum Gasteiger partial charge on any atom is -0.310 e. The van der Waals surface area contributed by atoms with Gasteiger partial charge in [0.1, 0.15) is 0 Å². The summed E-state index contributed by atoms with van der Waals surface area (Å²) in [5.74, 6) is -0.434. The van der Waals surface area contributed by atoms with Crippen LogP contribution in [-0.4, -0.2) is 6.04 Å². The van der Waals surface area contributed by atoms with E-state index in [0.717, 1.165) is 11.1 Å². The van der Waals surface area contributed by atoms with Crippen LogP contribution < -0.4 is 5.32 Å². The summed E-state index contributed by atoms with van der Waals surface area (Å²) in [5.41, 5.74) is 2.15. The van der Waals surface area contributed by atoms with Gasteiger partial charge in [-0.3, -0.25) is 0 Å². The molecule has 112 valence electrons. The van der Waals surface area contributed by atoms with Gasteiger partial charge in [0.05, 0.1) is 5.02 Å². The van der Waals surface area contributed by atoms with Crippen LogP contribution >= 0.6 is 39.1 Å². The number of rotatable bonds is 4. The highest BCUT2D eigenvalue weighted by atomic mass is 79.9. The number of hydrogen-bond donors (Lipinski definition) is 1. The van der Waals surface area contributed by atoms with E-state index in [1.165, 1.54) is 0 Å². The molecular weight excluding hydrogens is 376 g/mol. The Balaban J connectivity index is 2.41. The first-order chi connectivity index (χ1) is 9.90. The molecule has 0 saturated carbocycles. The molecule has 0 saturated heterocycles. The van der Waals surface area contributed by atoms with Crippen molar-refractivity contribution >= 4 is 39.1 Å². The van der Waals surface area contributed by atoms with Crippen LogP contribution in [0.5, 0.6) is 0 Å². The second-order valence-electron chi connectivity index (χ2n) is 5.06. The van der Waals surface area contributed by atoms with E-state index in [-0.39, 0.29) is 5.02 Å². The first kappa shape index (κ1) is 16.8. The predicted molar refractivity (Wildman–Crippen MR) is 91.5 cm³/mol. The van der Waals surface area contributed by atoms with E-state index < -0.39 is 5.82 Å². The van der Waals surface area contributed by atoms with Gasteiger partial charge in [-0.25, -0.2) is 4.39 Å². The Hall–Kier alpha value is -0.610. The molecular formula is C16H15BrCl2FN. The van der Waals surface area contributed by atoms with Crippen molar-refractivity contribution in [3.8, 4) is 11.1 Å². The third-order valence-corrected chi connectivity index (χ3v) is 4.72. The zero-order valence-electron chi connectivity index (χ0n) is 11.7. The summed E-state index contributed by atoms with van der Waals surface area (Å²) in [5, 5.41) is 4.05. The van der Waals surface area contributed by atoms with Gasteiger partial charge in [-0.15, -0.1) is 0 Å². The summed E-state index contributed by atoms with van der Waals surface area (Å²) < 4.78 is 14.8. The standard InChI is InChI=1S/C16H15BrCl2FN/c1-9(2)21-8-11-7-10(3-6-14(11)18)12-4-5-13(17)15(19)16(12)20/h3-7,9,21H,8H2,1-2H3. The molecule has 0 bridgehead atoms. The Kier molecular flexibility index (Phi) is 5.67. The van der Waals surface area contributed by atoms with Gasteiger partial charge in [0, 0.05) is 27.6 Å². The Morgan fingerprint density at radius 1 is 1.19 bits per heavy atom. The summed E-state index contributed by atoms with van der Waals surface area (Å²) in [6.45, 7) is 4.76. The van der Waals surface area contributed by atoms with E-state index in [2.05, 4.69) is 35.1 Å². The Bertz CT molecular complexity index is 659. The van der Waals surface area contributed by atoms with E-state index in [1.807, 2.05) is 6.07 Å². The highest BCUT2D eigenvalue weighted by molar-refractivity contribution is 9.10. The zero-order valence-corrected chi connectivity index (χ0v) is 14.8. The Morgan fingerprint density at radius 3 is 2.57 bits per heavy atom. The molecule has 0 radical (unpaired) electrons. The van der Waals surface area contributed by atoms with Gasteiger partial charge in [0.2, 0.25) is 0 Å². The fourth-order valence-corrected chi connectivity index (χ4v) is 2.60. The average molecular weight is 391 g/mol. The van der Waals surface area contributed by atoms with Crippen LogP contribution in [0.15, 0.2) is 34.8 Å². The molecule has 0 fully saturated rings. The molecule has 2 aromatic carbocycles. The van der Waals surface area contributed by atoms with E-state index in [4.69, 9.17) is 23.2 Å². The molecule has 0 aliphatic rings. The van der Waals surface area contributed by atoms with Gasteiger partial charge in [0.25, 0.3) is 0 Å². The first-order valence-electron chi connectivity index (χ1n) is 6.56. The molecule has 0 heterocycles. The third kappa shape index (κ3) is 3.98. The van der Waals surface area contributed by atoms with Crippen molar-refractivity contribution in [2.24, 2.45) is 0 Å². The maximum Gasteiger partial charge on any atom is 0.150 e. The van der Waals surface area contributed by atoms with Gasteiger partial charge < -0.3 is 5.32 Å². The van der Waals surface area contributed by atoms with Gasteiger partial charge in [-0.05, 0) is 45.3 Å². The first-order valence-corrected chi connectivity index (χ1v) is 8.10. The molecule has 2 rings (SSSR count). The highest BCUT2D eigenvalue weighted by Gasteiger charge is 2.13. The number of nitrogens with one attached hydrogen (secondary N) is 1. The van der Waals surface area contributed by atoms with Crippen molar-refractivity contribution < 1.29 is 4.39 Å². The largest absolute Gasteiger partial charge is 0.310 e. The summed E-state index contributed by atoms with van der Waals surface area (Å²) in [7, 11) is 0. The van der Waals surface area contributed by atoms with Crippen LogP contribution in [0.2, 0.25) is 10.0 Å². The fourth-order valence-electron chi connectivity index (χ4n) is 1.94. The van der Waals surface area contributed by atoms with E-state index in [9.17, 15) is 4.39 Å². The van der Waals surface area contributed by atoms with Gasteiger partial charge in [-0.1, -0.05) is 49.2 Å². The normalized spacial score (nSPS) is 11.2. The molecule has 0 amide bonds. The zero-order chi connectivity index (χ0) is 15.6. The number of benzene rings is 2. The lowest BCUT2D eigenvalue weighted by Crippen LogP contribution is -2.22. The lowest BCUT2D eigenvalue weighted by Gasteiger charge is -2.12. The molecule has 0 unspecified atom stereocenters. The van der Waals surface area contributed by atoms with Crippen molar-refractivity contribution in [2.45, 2.75) is 26.4 Å². The van der Waals surface area contributed by atoms with Crippen LogP contribution in [0.1, 0.15) is 19.4 Å². The van der Waals surface area contributed by atoms with Crippen molar-refractivity contribution in [3.05, 3.63) is 56.2 Å². The minimum absolute atomic E-state index is 0.0873. The van der Waals surface area contributed by atoms with Crippen molar-refractivity contribution in [1.82, 2.24) is 5.32 Å². The number of hydrogen-bond acceptors (Lipinski definition) is 1. The van der Waals surface area contributed by atoms with Crippen molar-refractivity contribution in [2.75, 3.05) is 0 Å². The van der Waals surface area contributed by atoms with Crippen LogP contribution in [0.3, 0.4) is 0 Å². The molecule has 2 aromatic rings. The molecule has 0 aliphatic carbocycles. The fraction of sp³-hybridized carbons (Fsp3) is 0.250. The minimum atomic E-state index is -0.434. The summed E-state index contributed by atoms with van der Waals surface area (Å²) in [6.07, 6.45) is 0. The molecule has 21 heavy (non-hydrogen) atoms. The molecule has 0 aliphatic heterocycles. The van der Waals surface area contributed by atoms with E-state index in [1.54, 1.807) is 24.3 Å². The summed E-state index contributed by atoms with van der Waals surface area (Å²) >= 11 is 15.4. The summed E-state index contributed by atoms with van der Waals surface area (Å²) in [4.78, 5) is 0. The topological polar surface area (TPSA) is 12.0 Å². The summed E-state index contributed by atoms with van der Waals surface area (Å²) in [6, 6.07) is 9.26. The maximum absolute atomic E-state index is 14.3. The van der Waals surface area contributed by atoms with Crippen LogP contribution in [0.4, 0.5) is 4.39 Å². The second kappa shape index (κ2) is 7.10. The van der Waals surface area contributed by atoms with Crippen molar-refractivity contribution in [3.63, 3.8) is 0 Å². The van der Waals surface area contributed by atoms with Gasteiger partial charge in [0.15, 0.2) is 5.82 Å². The molecule has 0 spiro atoms. The van der Waals surface area contributed by atoms with Gasteiger partial charge >= 0.3 is 0 Å². The van der Waals surface area contributed by atoms with E-state index in [0.29, 0.717) is 27.6 Å². The Morgan fingerprint density at radius 2 is 1.90 bits per heavy atom. The molecule has 1 nitrogen and oxygen atoms in total. The lowest BCUT2D eigenvalue weighted by atomic mass is 10.0. The predicted octanol–water partition coefficient (Wildman–Crippen LogP) is 6.06. The average Bonchev–Trinajstić information content (AvgIpc) is 2.44. The van der Waals surface area contributed by atoms with E-state index >= 15 is 0 Å². The molecule has 0 atom stereocenters. The quantitative estimate of drug-likeness (QED) is 0.625. The smallest absolute Gasteiger partial charge is 0.150 e. The molecule has 1 N–H and O–H groups in total. The van der Waals surface area contributed by atoms with Crippen molar-refractivity contribution in [1.29, 1.82) is 0 Å². The molecule has 0 aromatic heterocycles.